The smallest absolute Gasteiger partial charge is 0.254 e. The van der Waals surface area contributed by atoms with E-state index in [1.54, 1.807) is 19.2 Å². The molecule has 6 heteroatoms. The topological polar surface area (TPSA) is 78.9 Å². The van der Waals surface area contributed by atoms with E-state index in [0.717, 1.165) is 16.9 Å². The number of carbonyl (C=O) groups excluding carboxylic acids is 2. The van der Waals surface area contributed by atoms with Crippen molar-refractivity contribution < 1.29 is 19.4 Å². The lowest BCUT2D eigenvalue weighted by Crippen LogP contribution is -2.57. The maximum atomic E-state index is 12.8. The van der Waals surface area contributed by atoms with Gasteiger partial charge in [-0.3, -0.25) is 9.59 Å². The Morgan fingerprint density at radius 3 is 2.59 bits per heavy atom. The van der Waals surface area contributed by atoms with Gasteiger partial charge in [0.25, 0.3) is 5.91 Å². The van der Waals surface area contributed by atoms with Crippen molar-refractivity contribution in [3.05, 3.63) is 28.8 Å². The molecule has 0 bridgehead atoms. The monoisotopic (exact) mass is 306 g/mol. The second-order valence-electron chi connectivity index (χ2n) is 5.46. The van der Waals surface area contributed by atoms with Gasteiger partial charge >= 0.3 is 0 Å². The second-order valence-corrected chi connectivity index (χ2v) is 5.46. The van der Waals surface area contributed by atoms with Crippen molar-refractivity contribution in [2.45, 2.75) is 26.3 Å². The average molecular weight is 306 g/mol. The van der Waals surface area contributed by atoms with Crippen molar-refractivity contribution in [3.8, 4) is 5.75 Å². The van der Waals surface area contributed by atoms with Crippen LogP contribution < -0.4 is 10.1 Å². The fraction of sp³-hybridized carbons (Fsp3) is 0.500. The molecule has 1 heterocycles. The van der Waals surface area contributed by atoms with Crippen LogP contribution in [0.4, 0.5) is 0 Å². The molecule has 22 heavy (non-hydrogen) atoms. The van der Waals surface area contributed by atoms with E-state index in [9.17, 15) is 9.59 Å². The number of piperazine rings is 1. The molecule has 1 atom stereocenters. The standard InChI is InChI=1S/C16H22N2O4/c1-10-8-12(9-11(2)14(10)22-3)16(21)18-6-5-17-15(20)13(18)4-7-19/h8-9,13,19H,4-7H2,1-3H3,(H,17,20)/t13-/m0/s1. The Balaban J connectivity index is 2.31. The normalized spacial score (nSPS) is 18.1. The number of benzene rings is 1. The Kier molecular flexibility index (Phi) is 5.03. The van der Waals surface area contributed by atoms with Gasteiger partial charge in [0.2, 0.25) is 5.91 Å². The van der Waals surface area contributed by atoms with Gasteiger partial charge in [0.05, 0.1) is 7.11 Å². The van der Waals surface area contributed by atoms with Crippen LogP contribution in [0.5, 0.6) is 5.75 Å². The fourth-order valence-electron chi connectivity index (χ4n) is 2.93. The summed E-state index contributed by atoms with van der Waals surface area (Å²) in [7, 11) is 1.60. The summed E-state index contributed by atoms with van der Waals surface area (Å²) in [5.74, 6) is 0.359. The van der Waals surface area contributed by atoms with Crippen LogP contribution in [-0.4, -0.2) is 54.7 Å². The largest absolute Gasteiger partial charge is 0.496 e. The zero-order chi connectivity index (χ0) is 16.3. The van der Waals surface area contributed by atoms with Crippen LogP contribution in [0.15, 0.2) is 12.1 Å². The molecule has 2 N–H and O–H groups in total. The molecule has 2 rings (SSSR count). The van der Waals surface area contributed by atoms with Crippen LogP contribution in [0, 0.1) is 13.8 Å². The zero-order valence-corrected chi connectivity index (χ0v) is 13.2. The Morgan fingerprint density at radius 2 is 2.05 bits per heavy atom. The molecule has 1 fully saturated rings. The summed E-state index contributed by atoms with van der Waals surface area (Å²) in [6.45, 7) is 4.51. The summed E-state index contributed by atoms with van der Waals surface area (Å²) in [4.78, 5) is 26.2. The molecule has 0 spiro atoms. The Morgan fingerprint density at radius 1 is 1.41 bits per heavy atom. The fourth-order valence-corrected chi connectivity index (χ4v) is 2.93. The van der Waals surface area contributed by atoms with Crippen molar-refractivity contribution in [1.82, 2.24) is 10.2 Å². The summed E-state index contributed by atoms with van der Waals surface area (Å²) in [5.41, 5.74) is 2.30. The third-order valence-electron chi connectivity index (χ3n) is 3.91. The highest BCUT2D eigenvalue weighted by Gasteiger charge is 2.33. The molecule has 1 aromatic rings. The quantitative estimate of drug-likeness (QED) is 0.855. The molecular formula is C16H22N2O4. The van der Waals surface area contributed by atoms with E-state index in [2.05, 4.69) is 5.32 Å². The van der Waals surface area contributed by atoms with Crippen molar-refractivity contribution in [2.24, 2.45) is 0 Å². The zero-order valence-electron chi connectivity index (χ0n) is 13.2. The predicted octanol–water partition coefficient (Wildman–Crippen LogP) is 0.635. The highest BCUT2D eigenvalue weighted by atomic mass is 16.5. The summed E-state index contributed by atoms with van der Waals surface area (Å²) < 4.78 is 5.31. The molecule has 0 aliphatic carbocycles. The lowest BCUT2D eigenvalue weighted by molar-refractivity contribution is -0.128. The first-order valence-electron chi connectivity index (χ1n) is 7.34. The van der Waals surface area contributed by atoms with Crippen molar-refractivity contribution in [1.29, 1.82) is 0 Å². The number of aryl methyl sites for hydroxylation is 2. The molecule has 1 aliphatic heterocycles. The first-order valence-corrected chi connectivity index (χ1v) is 7.34. The Bertz CT molecular complexity index is 563. The van der Waals surface area contributed by atoms with Gasteiger partial charge in [-0.25, -0.2) is 0 Å². The number of nitrogens with one attached hydrogen (secondary N) is 1. The Hall–Kier alpha value is -2.08. The molecule has 0 saturated carbocycles. The van der Waals surface area contributed by atoms with Crippen LogP contribution in [0.3, 0.4) is 0 Å². The number of ether oxygens (including phenoxy) is 1. The molecular weight excluding hydrogens is 284 g/mol. The number of aliphatic hydroxyl groups is 1. The maximum absolute atomic E-state index is 12.8. The number of methoxy groups -OCH3 is 1. The van der Waals surface area contributed by atoms with Gasteiger partial charge < -0.3 is 20.1 Å². The summed E-state index contributed by atoms with van der Waals surface area (Å²) >= 11 is 0. The minimum absolute atomic E-state index is 0.136. The molecule has 1 saturated heterocycles. The van der Waals surface area contributed by atoms with E-state index >= 15 is 0 Å². The number of carbonyl (C=O) groups is 2. The van der Waals surface area contributed by atoms with Crippen LogP contribution in [-0.2, 0) is 4.79 Å². The molecule has 6 nitrogen and oxygen atoms in total. The number of hydrogen-bond donors (Lipinski definition) is 2. The molecule has 2 amide bonds. The number of amides is 2. The van der Waals surface area contributed by atoms with E-state index in [1.165, 1.54) is 4.90 Å². The van der Waals surface area contributed by atoms with Gasteiger partial charge in [0, 0.05) is 25.3 Å². The first kappa shape index (κ1) is 16.3. The van der Waals surface area contributed by atoms with E-state index in [-0.39, 0.29) is 24.8 Å². The van der Waals surface area contributed by atoms with Gasteiger partial charge in [0.15, 0.2) is 0 Å². The van der Waals surface area contributed by atoms with Crippen LogP contribution in [0.2, 0.25) is 0 Å². The predicted molar refractivity (Wildman–Crippen MR) is 82.0 cm³/mol. The van der Waals surface area contributed by atoms with E-state index in [4.69, 9.17) is 9.84 Å². The number of aliphatic hydroxyl groups excluding tert-OH is 1. The molecule has 1 aromatic carbocycles. The average Bonchev–Trinajstić information content (AvgIpc) is 2.48. The minimum Gasteiger partial charge on any atom is -0.496 e. The molecule has 120 valence electrons. The Labute approximate surface area is 130 Å². The van der Waals surface area contributed by atoms with E-state index in [0.29, 0.717) is 18.7 Å². The van der Waals surface area contributed by atoms with E-state index in [1.807, 2.05) is 13.8 Å². The maximum Gasteiger partial charge on any atom is 0.254 e. The number of hydrogen-bond acceptors (Lipinski definition) is 4. The van der Waals surface area contributed by atoms with Crippen LogP contribution in [0.25, 0.3) is 0 Å². The van der Waals surface area contributed by atoms with Crippen molar-refractivity contribution >= 4 is 11.8 Å². The number of rotatable bonds is 4. The second kappa shape index (κ2) is 6.79. The van der Waals surface area contributed by atoms with Gasteiger partial charge in [-0.05, 0) is 43.5 Å². The number of nitrogens with zero attached hydrogens (tertiary/aromatic N) is 1. The molecule has 0 unspecified atom stereocenters. The summed E-state index contributed by atoms with van der Waals surface area (Å²) in [6, 6.07) is 2.93. The van der Waals surface area contributed by atoms with Gasteiger partial charge in [-0.2, -0.15) is 0 Å². The van der Waals surface area contributed by atoms with Crippen molar-refractivity contribution in [2.75, 3.05) is 26.8 Å². The minimum atomic E-state index is -0.617. The van der Waals surface area contributed by atoms with Gasteiger partial charge in [-0.1, -0.05) is 0 Å². The molecule has 0 radical (unpaired) electrons. The lowest BCUT2D eigenvalue weighted by atomic mass is 10.0. The van der Waals surface area contributed by atoms with Crippen LogP contribution >= 0.6 is 0 Å². The first-order chi connectivity index (χ1) is 10.5. The highest BCUT2D eigenvalue weighted by Crippen LogP contribution is 2.25. The molecule has 1 aliphatic rings. The van der Waals surface area contributed by atoms with Gasteiger partial charge in [0.1, 0.15) is 11.8 Å². The van der Waals surface area contributed by atoms with Crippen LogP contribution in [0.1, 0.15) is 27.9 Å². The van der Waals surface area contributed by atoms with E-state index < -0.39 is 6.04 Å². The SMILES string of the molecule is COc1c(C)cc(C(=O)N2CCNC(=O)[C@@H]2CCO)cc1C. The van der Waals surface area contributed by atoms with Crippen molar-refractivity contribution in [3.63, 3.8) is 0 Å². The third-order valence-corrected chi connectivity index (χ3v) is 3.91. The van der Waals surface area contributed by atoms with Gasteiger partial charge in [-0.15, -0.1) is 0 Å². The highest BCUT2D eigenvalue weighted by molar-refractivity contribution is 5.98. The lowest BCUT2D eigenvalue weighted by Gasteiger charge is -2.35. The summed E-state index contributed by atoms with van der Waals surface area (Å²) in [5, 5.41) is 11.9. The third kappa shape index (κ3) is 3.06. The molecule has 0 aromatic heterocycles. The summed E-state index contributed by atoms with van der Waals surface area (Å²) in [6.07, 6.45) is 0.242.